The molecule has 0 aliphatic carbocycles. The fourth-order valence-corrected chi connectivity index (χ4v) is 3.27. The third-order valence-corrected chi connectivity index (χ3v) is 4.58. The minimum atomic E-state index is -0.402. The third-order valence-electron chi connectivity index (χ3n) is 3.64. The molecule has 0 radical (unpaired) electrons. The molecule has 3 heterocycles. The quantitative estimate of drug-likeness (QED) is 0.735. The number of nitrogens with one attached hydrogen (secondary N) is 1. The average molecular weight is 325 g/mol. The first-order chi connectivity index (χ1) is 11.2. The molecule has 0 atom stereocenters. The van der Waals surface area contributed by atoms with Crippen LogP contribution in [-0.4, -0.2) is 19.6 Å². The van der Waals surface area contributed by atoms with Crippen molar-refractivity contribution in [2.75, 3.05) is 0 Å². The molecule has 0 spiro atoms. The zero-order valence-corrected chi connectivity index (χ0v) is 12.8. The van der Waals surface area contributed by atoms with Gasteiger partial charge in [0.2, 0.25) is 0 Å². The molecule has 0 bridgehead atoms. The number of rotatable bonds is 3. The molecule has 1 aliphatic rings. The molecule has 2 aromatic heterocycles. The van der Waals surface area contributed by atoms with Crippen LogP contribution in [0.4, 0.5) is 0 Å². The van der Waals surface area contributed by atoms with Crippen molar-refractivity contribution < 1.29 is 4.74 Å². The van der Waals surface area contributed by atoms with Crippen molar-refractivity contribution >= 4 is 17.4 Å². The van der Waals surface area contributed by atoms with Crippen molar-refractivity contribution in [3.8, 4) is 6.07 Å². The molecule has 8 heteroatoms. The van der Waals surface area contributed by atoms with Gasteiger partial charge in [0.1, 0.15) is 11.6 Å². The predicted octanol–water partition coefficient (Wildman–Crippen LogP) is 1.61. The van der Waals surface area contributed by atoms with Crippen LogP contribution in [0.1, 0.15) is 22.3 Å². The highest BCUT2D eigenvalue weighted by Gasteiger charge is 2.13. The lowest BCUT2D eigenvalue weighted by molar-refractivity contribution is 0.134. The van der Waals surface area contributed by atoms with Crippen molar-refractivity contribution in [3.63, 3.8) is 0 Å². The molecule has 0 fully saturated rings. The second-order valence-corrected chi connectivity index (χ2v) is 6.10. The first kappa shape index (κ1) is 14.0. The van der Waals surface area contributed by atoms with Gasteiger partial charge >= 0.3 is 5.69 Å². The molecule has 0 amide bonds. The number of hydrogen-bond acceptors (Lipinski definition) is 6. The molecule has 3 aromatic rings. The number of nitriles is 1. The summed E-state index contributed by atoms with van der Waals surface area (Å²) < 4.78 is 6.50. The Balaban J connectivity index is 1.60. The lowest BCUT2D eigenvalue weighted by Gasteiger charge is -2.04. The molecule has 1 aromatic carbocycles. The summed E-state index contributed by atoms with van der Waals surface area (Å²) in [6.45, 7) is 1.32. The molecule has 23 heavy (non-hydrogen) atoms. The molecular weight excluding hydrogens is 314 g/mol. The van der Waals surface area contributed by atoms with Crippen molar-refractivity contribution in [3.05, 3.63) is 57.1 Å². The van der Waals surface area contributed by atoms with Crippen molar-refractivity contribution in [1.29, 1.82) is 5.26 Å². The van der Waals surface area contributed by atoms with E-state index in [1.807, 2.05) is 6.07 Å². The summed E-state index contributed by atoms with van der Waals surface area (Å²) in [5.74, 6) is 0.669. The number of H-pyrrole nitrogens is 1. The van der Waals surface area contributed by atoms with E-state index in [1.54, 1.807) is 0 Å². The van der Waals surface area contributed by atoms with E-state index in [-0.39, 0.29) is 11.2 Å². The maximum atomic E-state index is 12.0. The topological polar surface area (TPSA) is 96.1 Å². The molecule has 1 N–H and O–H groups in total. The van der Waals surface area contributed by atoms with Crippen LogP contribution >= 0.6 is 11.8 Å². The molecular formula is C15H11N5O2S. The van der Waals surface area contributed by atoms with Crippen LogP contribution in [0.25, 0.3) is 5.65 Å². The lowest BCUT2D eigenvalue weighted by Crippen LogP contribution is -2.19. The van der Waals surface area contributed by atoms with E-state index in [4.69, 9.17) is 10.00 Å². The summed E-state index contributed by atoms with van der Waals surface area (Å²) >= 11 is 1.41. The summed E-state index contributed by atoms with van der Waals surface area (Å²) in [5.41, 5.74) is 3.73. The standard InChI is InChI=1S/C15H11N5O2S/c16-4-12-5-17-20-13(12)18-14(19-15(20)21)23-8-9-1-2-10-6-22-7-11(10)3-9/h1-3,5H,6-8H2,(H,18,19,21). The van der Waals surface area contributed by atoms with Gasteiger partial charge in [-0.15, -0.1) is 0 Å². The maximum Gasteiger partial charge on any atom is 0.350 e. The van der Waals surface area contributed by atoms with Crippen LogP contribution in [0.15, 0.2) is 34.3 Å². The largest absolute Gasteiger partial charge is 0.372 e. The minimum Gasteiger partial charge on any atom is -0.372 e. The number of aromatic amines is 1. The Bertz CT molecular complexity index is 1000. The third kappa shape index (κ3) is 2.50. The monoisotopic (exact) mass is 325 g/mol. The van der Waals surface area contributed by atoms with Crippen LogP contribution in [0, 0.1) is 11.3 Å². The first-order valence-corrected chi connectivity index (χ1v) is 7.92. The Kier molecular flexibility index (Phi) is 3.37. The smallest absolute Gasteiger partial charge is 0.350 e. The molecule has 4 rings (SSSR count). The maximum absolute atomic E-state index is 12.0. The van der Waals surface area contributed by atoms with E-state index in [9.17, 15) is 4.79 Å². The van der Waals surface area contributed by atoms with Crippen LogP contribution in [0.5, 0.6) is 0 Å². The molecule has 0 saturated heterocycles. The lowest BCUT2D eigenvalue weighted by atomic mass is 10.1. The summed E-state index contributed by atoms with van der Waals surface area (Å²) in [7, 11) is 0. The van der Waals surface area contributed by atoms with E-state index >= 15 is 0 Å². The van der Waals surface area contributed by atoms with E-state index in [2.05, 4.69) is 33.3 Å². The van der Waals surface area contributed by atoms with Crippen LogP contribution in [-0.2, 0) is 23.7 Å². The Morgan fingerprint density at radius 3 is 3.13 bits per heavy atom. The van der Waals surface area contributed by atoms with Gasteiger partial charge in [0.05, 0.1) is 19.4 Å². The highest BCUT2D eigenvalue weighted by atomic mass is 32.2. The van der Waals surface area contributed by atoms with E-state index in [1.165, 1.54) is 29.1 Å². The Labute approximate surface area is 134 Å². The van der Waals surface area contributed by atoms with Gasteiger partial charge in [-0.1, -0.05) is 30.0 Å². The average Bonchev–Trinajstić information content (AvgIpc) is 3.18. The summed E-state index contributed by atoms with van der Waals surface area (Å²) in [6.07, 6.45) is 1.34. The van der Waals surface area contributed by atoms with Crippen LogP contribution in [0.3, 0.4) is 0 Å². The molecule has 0 saturated carbocycles. The highest BCUT2D eigenvalue weighted by molar-refractivity contribution is 7.98. The number of thioether (sulfide) groups is 1. The molecule has 7 nitrogen and oxygen atoms in total. The normalized spacial score (nSPS) is 13.2. The molecule has 1 aliphatic heterocycles. The molecule has 0 unspecified atom stereocenters. The zero-order chi connectivity index (χ0) is 15.8. The van der Waals surface area contributed by atoms with Crippen molar-refractivity contribution in [1.82, 2.24) is 19.6 Å². The Hall–Kier alpha value is -2.63. The van der Waals surface area contributed by atoms with E-state index in [0.29, 0.717) is 24.1 Å². The number of nitrogens with zero attached hydrogens (tertiary/aromatic N) is 4. The first-order valence-electron chi connectivity index (χ1n) is 6.94. The summed E-state index contributed by atoms with van der Waals surface area (Å²) in [4.78, 5) is 18.9. The van der Waals surface area contributed by atoms with Gasteiger partial charge in [-0.05, 0) is 16.7 Å². The van der Waals surface area contributed by atoms with Gasteiger partial charge in [-0.2, -0.15) is 14.9 Å². The van der Waals surface area contributed by atoms with Gasteiger partial charge < -0.3 is 4.74 Å². The number of hydrogen-bond donors (Lipinski definition) is 1. The molecule has 114 valence electrons. The number of benzene rings is 1. The van der Waals surface area contributed by atoms with Gasteiger partial charge in [-0.25, -0.2) is 9.78 Å². The van der Waals surface area contributed by atoms with Crippen molar-refractivity contribution in [2.45, 2.75) is 24.1 Å². The highest BCUT2D eigenvalue weighted by Crippen LogP contribution is 2.25. The second kappa shape index (κ2) is 5.53. The number of aromatic nitrogens is 4. The van der Waals surface area contributed by atoms with E-state index in [0.717, 1.165) is 10.1 Å². The van der Waals surface area contributed by atoms with E-state index < -0.39 is 5.69 Å². The fourth-order valence-electron chi connectivity index (χ4n) is 2.48. The summed E-state index contributed by atoms with van der Waals surface area (Å²) in [6, 6.07) is 8.23. The van der Waals surface area contributed by atoms with Crippen LogP contribution in [0.2, 0.25) is 0 Å². The summed E-state index contributed by atoms with van der Waals surface area (Å²) in [5, 5.41) is 13.4. The van der Waals surface area contributed by atoms with Crippen LogP contribution < -0.4 is 5.69 Å². The Morgan fingerprint density at radius 2 is 2.26 bits per heavy atom. The minimum absolute atomic E-state index is 0.279. The fraction of sp³-hybridized carbons (Fsp3) is 0.200. The Morgan fingerprint density at radius 1 is 1.39 bits per heavy atom. The number of ether oxygens (including phenoxy) is 1. The van der Waals surface area contributed by atoms with Crippen molar-refractivity contribution in [2.24, 2.45) is 0 Å². The SMILES string of the molecule is N#Cc1cnn2c(=O)[nH]c(SCc3ccc4c(c3)COC4)nc12. The van der Waals surface area contributed by atoms with Gasteiger partial charge in [-0.3, -0.25) is 4.98 Å². The zero-order valence-electron chi connectivity index (χ0n) is 11.9. The van der Waals surface area contributed by atoms with Gasteiger partial charge in [0.25, 0.3) is 0 Å². The predicted molar refractivity (Wildman–Crippen MR) is 82.8 cm³/mol. The van der Waals surface area contributed by atoms with Gasteiger partial charge in [0.15, 0.2) is 10.8 Å². The van der Waals surface area contributed by atoms with Gasteiger partial charge in [0, 0.05) is 5.75 Å². The second-order valence-electron chi connectivity index (χ2n) is 5.14. The number of fused-ring (bicyclic) bond motifs is 2.